The zero-order chi connectivity index (χ0) is 17.2. The van der Waals surface area contributed by atoms with Gasteiger partial charge in [0.2, 0.25) is 5.91 Å². The monoisotopic (exact) mass is 319 g/mol. The van der Waals surface area contributed by atoms with Gasteiger partial charge in [-0.3, -0.25) is 4.79 Å². The van der Waals surface area contributed by atoms with Crippen LogP contribution in [0, 0.1) is 0 Å². The van der Waals surface area contributed by atoms with Crippen molar-refractivity contribution in [3.8, 4) is 0 Å². The van der Waals surface area contributed by atoms with Crippen LogP contribution in [-0.4, -0.2) is 11.9 Å². The second-order valence-electron chi connectivity index (χ2n) is 6.17. The second kappa shape index (κ2) is 9.51. The minimum absolute atomic E-state index is 0.0555. The zero-order valence-electron chi connectivity index (χ0n) is 14.4. The number of nitrogens with one attached hydrogen (secondary N) is 1. The molecule has 2 aromatic rings. The molecule has 0 bridgehead atoms. The van der Waals surface area contributed by atoms with Crippen molar-refractivity contribution in [2.75, 3.05) is 0 Å². The lowest BCUT2D eigenvalue weighted by atomic mass is 9.98. The fraction of sp³-hybridized carbons (Fsp3) is 0.227. The Bertz CT molecular complexity index is 641. The molecule has 0 aromatic heterocycles. The molecular formula is C22H25NO. The minimum atomic E-state index is -0.0555. The summed E-state index contributed by atoms with van der Waals surface area (Å²) in [6.45, 7) is 3.91. The van der Waals surface area contributed by atoms with Crippen molar-refractivity contribution in [1.29, 1.82) is 0 Å². The van der Waals surface area contributed by atoms with Crippen molar-refractivity contribution in [3.63, 3.8) is 0 Å². The van der Waals surface area contributed by atoms with E-state index < -0.39 is 0 Å². The number of carbonyl (C=O) groups is 1. The van der Waals surface area contributed by atoms with Gasteiger partial charge in [0, 0.05) is 12.1 Å². The Morgan fingerprint density at radius 2 is 1.42 bits per heavy atom. The van der Waals surface area contributed by atoms with Crippen LogP contribution in [0.2, 0.25) is 0 Å². The molecule has 0 atom stereocenters. The van der Waals surface area contributed by atoms with Gasteiger partial charge in [0.05, 0.1) is 0 Å². The van der Waals surface area contributed by atoms with Gasteiger partial charge < -0.3 is 5.32 Å². The van der Waals surface area contributed by atoms with E-state index in [1.165, 1.54) is 16.7 Å². The molecule has 0 radical (unpaired) electrons. The Morgan fingerprint density at radius 3 is 1.88 bits per heavy atom. The summed E-state index contributed by atoms with van der Waals surface area (Å²) < 4.78 is 0. The molecule has 2 heteroatoms. The molecule has 124 valence electrons. The fourth-order valence-electron chi connectivity index (χ4n) is 2.50. The molecule has 2 rings (SSSR count). The average molecular weight is 319 g/mol. The SMILES string of the molecule is CC(C)NC(=O)/C=C/C=C(Cc1ccccc1)Cc1ccccc1. The Balaban J connectivity index is 2.11. The molecule has 24 heavy (non-hydrogen) atoms. The van der Waals surface area contributed by atoms with E-state index in [1.54, 1.807) is 6.08 Å². The van der Waals surface area contributed by atoms with E-state index in [2.05, 4.69) is 59.9 Å². The van der Waals surface area contributed by atoms with Crippen LogP contribution >= 0.6 is 0 Å². The predicted molar refractivity (Wildman–Crippen MR) is 101 cm³/mol. The summed E-state index contributed by atoms with van der Waals surface area (Å²) in [5, 5.41) is 2.86. The molecule has 0 spiro atoms. The molecule has 1 N–H and O–H groups in total. The smallest absolute Gasteiger partial charge is 0.244 e. The maximum absolute atomic E-state index is 11.7. The normalized spacial score (nSPS) is 10.8. The van der Waals surface area contributed by atoms with E-state index in [9.17, 15) is 4.79 Å². The number of hydrogen-bond donors (Lipinski definition) is 1. The predicted octanol–water partition coefficient (Wildman–Crippen LogP) is 4.48. The molecule has 0 saturated heterocycles. The Kier molecular flexibility index (Phi) is 7.03. The van der Waals surface area contributed by atoms with Crippen molar-refractivity contribution in [3.05, 3.63) is 95.6 Å². The van der Waals surface area contributed by atoms with Crippen LogP contribution in [0.25, 0.3) is 0 Å². The molecule has 0 unspecified atom stereocenters. The third-order valence-electron chi connectivity index (χ3n) is 3.56. The molecule has 0 heterocycles. The summed E-state index contributed by atoms with van der Waals surface area (Å²) in [7, 11) is 0. The number of amides is 1. The lowest BCUT2D eigenvalue weighted by molar-refractivity contribution is -0.116. The summed E-state index contributed by atoms with van der Waals surface area (Å²) in [5.41, 5.74) is 3.83. The van der Waals surface area contributed by atoms with Crippen LogP contribution < -0.4 is 5.32 Å². The quantitative estimate of drug-likeness (QED) is 0.592. The van der Waals surface area contributed by atoms with Gasteiger partial charge in [-0.05, 0) is 37.8 Å². The molecule has 0 fully saturated rings. The first-order valence-electron chi connectivity index (χ1n) is 8.38. The number of rotatable bonds is 7. The van der Waals surface area contributed by atoms with Crippen molar-refractivity contribution >= 4 is 5.91 Å². The van der Waals surface area contributed by atoms with Gasteiger partial charge in [-0.25, -0.2) is 0 Å². The molecular weight excluding hydrogens is 294 g/mol. The van der Waals surface area contributed by atoms with E-state index >= 15 is 0 Å². The van der Waals surface area contributed by atoms with Gasteiger partial charge in [0.1, 0.15) is 0 Å². The fourth-order valence-corrected chi connectivity index (χ4v) is 2.50. The van der Waals surface area contributed by atoms with E-state index in [0.717, 1.165) is 12.8 Å². The van der Waals surface area contributed by atoms with Crippen molar-refractivity contribution < 1.29 is 4.79 Å². The molecule has 0 aliphatic rings. The van der Waals surface area contributed by atoms with Crippen LogP contribution in [0.15, 0.2) is 84.5 Å². The van der Waals surface area contributed by atoms with Crippen molar-refractivity contribution in [1.82, 2.24) is 5.32 Å². The van der Waals surface area contributed by atoms with Gasteiger partial charge in [0.15, 0.2) is 0 Å². The molecule has 2 aromatic carbocycles. The van der Waals surface area contributed by atoms with E-state index in [1.807, 2.05) is 32.1 Å². The number of carbonyl (C=O) groups excluding carboxylic acids is 1. The maximum atomic E-state index is 11.7. The molecule has 2 nitrogen and oxygen atoms in total. The standard InChI is InChI=1S/C22H25NO/c1-18(2)23-22(24)15-9-14-21(16-19-10-5-3-6-11-19)17-20-12-7-4-8-13-20/h3-15,18H,16-17H2,1-2H3,(H,23,24)/b15-9+. The highest BCUT2D eigenvalue weighted by atomic mass is 16.1. The molecule has 0 saturated carbocycles. The Hall–Kier alpha value is -2.61. The molecule has 1 amide bonds. The Morgan fingerprint density at radius 1 is 0.917 bits per heavy atom. The van der Waals surface area contributed by atoms with Crippen molar-refractivity contribution in [2.24, 2.45) is 0 Å². The second-order valence-corrected chi connectivity index (χ2v) is 6.17. The summed E-state index contributed by atoms with van der Waals surface area (Å²) in [4.78, 5) is 11.7. The van der Waals surface area contributed by atoms with Gasteiger partial charge >= 0.3 is 0 Å². The first-order valence-corrected chi connectivity index (χ1v) is 8.38. The van der Waals surface area contributed by atoms with Crippen LogP contribution in [0.4, 0.5) is 0 Å². The highest BCUT2D eigenvalue weighted by Gasteiger charge is 2.02. The topological polar surface area (TPSA) is 29.1 Å². The van der Waals surface area contributed by atoms with E-state index in [0.29, 0.717) is 0 Å². The first-order chi connectivity index (χ1) is 11.6. The number of hydrogen-bond acceptors (Lipinski definition) is 1. The summed E-state index contributed by atoms with van der Waals surface area (Å²) in [6.07, 6.45) is 7.26. The highest BCUT2D eigenvalue weighted by molar-refractivity contribution is 5.87. The molecule has 0 aliphatic heterocycles. The van der Waals surface area contributed by atoms with Gasteiger partial charge in [0.25, 0.3) is 0 Å². The van der Waals surface area contributed by atoms with Crippen molar-refractivity contribution in [2.45, 2.75) is 32.7 Å². The van der Waals surface area contributed by atoms with Crippen LogP contribution in [0.1, 0.15) is 25.0 Å². The highest BCUT2D eigenvalue weighted by Crippen LogP contribution is 2.14. The summed E-state index contributed by atoms with van der Waals surface area (Å²) in [6, 6.07) is 21.0. The lowest BCUT2D eigenvalue weighted by Crippen LogP contribution is -2.28. The number of allylic oxidation sites excluding steroid dienone is 3. The summed E-state index contributed by atoms with van der Waals surface area (Å²) in [5.74, 6) is -0.0555. The third-order valence-corrected chi connectivity index (χ3v) is 3.56. The van der Waals surface area contributed by atoms with E-state index in [-0.39, 0.29) is 11.9 Å². The maximum Gasteiger partial charge on any atom is 0.244 e. The average Bonchev–Trinajstić information content (AvgIpc) is 2.56. The zero-order valence-corrected chi connectivity index (χ0v) is 14.4. The van der Waals surface area contributed by atoms with Crippen LogP contribution in [-0.2, 0) is 17.6 Å². The molecule has 0 aliphatic carbocycles. The first kappa shape index (κ1) is 17.7. The Labute approximate surface area is 144 Å². The largest absolute Gasteiger partial charge is 0.350 e. The van der Waals surface area contributed by atoms with Crippen LogP contribution in [0.3, 0.4) is 0 Å². The summed E-state index contributed by atoms with van der Waals surface area (Å²) >= 11 is 0. The minimum Gasteiger partial charge on any atom is -0.350 e. The van der Waals surface area contributed by atoms with Gasteiger partial charge in [-0.2, -0.15) is 0 Å². The van der Waals surface area contributed by atoms with Gasteiger partial charge in [-0.1, -0.05) is 78.4 Å². The lowest BCUT2D eigenvalue weighted by Gasteiger charge is -2.08. The van der Waals surface area contributed by atoms with Gasteiger partial charge in [-0.15, -0.1) is 0 Å². The van der Waals surface area contributed by atoms with E-state index in [4.69, 9.17) is 0 Å². The van der Waals surface area contributed by atoms with Crippen LogP contribution in [0.5, 0.6) is 0 Å². The number of benzene rings is 2. The third kappa shape index (κ3) is 6.66.